The van der Waals surface area contributed by atoms with Crippen LogP contribution in [0.15, 0.2) is 58.2 Å². The van der Waals surface area contributed by atoms with E-state index < -0.39 is 10.8 Å². The summed E-state index contributed by atoms with van der Waals surface area (Å²) in [6, 6.07) is 12.2. The lowest BCUT2D eigenvalue weighted by molar-refractivity contribution is 0.687. The van der Waals surface area contributed by atoms with E-state index in [4.69, 9.17) is 0 Å². The fourth-order valence-corrected chi connectivity index (χ4v) is 3.36. The fraction of sp³-hybridized carbons (Fsp3) is 0.0667. The number of aromatic nitrogens is 1. The molecule has 0 spiro atoms. The van der Waals surface area contributed by atoms with Crippen LogP contribution >= 0.6 is 15.9 Å². The monoisotopic (exact) mass is 333 g/mol. The van der Waals surface area contributed by atoms with Crippen molar-refractivity contribution < 1.29 is 4.21 Å². The minimum Gasteiger partial charge on any atom is -0.367 e. The van der Waals surface area contributed by atoms with Crippen LogP contribution in [-0.4, -0.2) is 15.4 Å². The van der Waals surface area contributed by atoms with Crippen molar-refractivity contribution in [3.8, 4) is 11.1 Å². The number of H-pyrrole nitrogens is 1. The SMILES string of the molecule is CS(=O)c1cc2ccc(Br)cc2cc1-c1cc[nH]c1. The fourth-order valence-electron chi connectivity index (χ4n) is 2.20. The summed E-state index contributed by atoms with van der Waals surface area (Å²) in [4.78, 5) is 3.92. The van der Waals surface area contributed by atoms with Crippen LogP contribution < -0.4 is 0 Å². The second-order valence-corrected chi connectivity index (χ2v) is 6.66. The zero-order valence-corrected chi connectivity index (χ0v) is 12.7. The van der Waals surface area contributed by atoms with Crippen molar-refractivity contribution in [1.29, 1.82) is 0 Å². The normalized spacial score (nSPS) is 12.7. The number of benzene rings is 2. The van der Waals surface area contributed by atoms with Gasteiger partial charge in [0, 0.05) is 33.6 Å². The first-order valence-corrected chi connectivity index (χ1v) is 8.20. The quantitative estimate of drug-likeness (QED) is 0.743. The summed E-state index contributed by atoms with van der Waals surface area (Å²) >= 11 is 3.49. The summed E-state index contributed by atoms with van der Waals surface area (Å²) in [7, 11) is -1.01. The van der Waals surface area contributed by atoms with Gasteiger partial charge in [0.1, 0.15) is 0 Å². The van der Waals surface area contributed by atoms with Crippen molar-refractivity contribution in [2.75, 3.05) is 6.26 Å². The second-order valence-electron chi connectivity index (χ2n) is 4.39. The van der Waals surface area contributed by atoms with Gasteiger partial charge in [0.25, 0.3) is 0 Å². The van der Waals surface area contributed by atoms with Gasteiger partial charge < -0.3 is 4.98 Å². The van der Waals surface area contributed by atoms with Crippen molar-refractivity contribution >= 4 is 37.5 Å². The first-order chi connectivity index (χ1) is 9.15. The van der Waals surface area contributed by atoms with E-state index in [1.165, 1.54) is 0 Å². The maximum Gasteiger partial charge on any atom is 0.0504 e. The highest BCUT2D eigenvalue weighted by atomic mass is 79.9. The summed E-state index contributed by atoms with van der Waals surface area (Å²) in [5.74, 6) is 0. The molecular weight excluding hydrogens is 322 g/mol. The van der Waals surface area contributed by atoms with Crippen LogP contribution in [-0.2, 0) is 10.8 Å². The molecule has 0 amide bonds. The molecule has 1 atom stereocenters. The van der Waals surface area contributed by atoms with Gasteiger partial charge in [0.15, 0.2) is 0 Å². The number of aromatic amines is 1. The molecule has 0 fully saturated rings. The summed E-state index contributed by atoms with van der Waals surface area (Å²) < 4.78 is 13.0. The van der Waals surface area contributed by atoms with Gasteiger partial charge in [-0.05, 0) is 46.7 Å². The molecule has 1 N–H and O–H groups in total. The molecule has 0 aliphatic heterocycles. The van der Waals surface area contributed by atoms with E-state index in [-0.39, 0.29) is 0 Å². The van der Waals surface area contributed by atoms with E-state index in [9.17, 15) is 4.21 Å². The minimum atomic E-state index is -1.01. The van der Waals surface area contributed by atoms with Crippen LogP contribution in [0.25, 0.3) is 21.9 Å². The van der Waals surface area contributed by atoms with Gasteiger partial charge >= 0.3 is 0 Å². The lowest BCUT2D eigenvalue weighted by atomic mass is 10.0. The van der Waals surface area contributed by atoms with Crippen LogP contribution in [0.2, 0.25) is 0 Å². The second kappa shape index (κ2) is 4.94. The Hall–Kier alpha value is -1.39. The first-order valence-electron chi connectivity index (χ1n) is 5.85. The maximum absolute atomic E-state index is 12.0. The van der Waals surface area contributed by atoms with E-state index in [1.807, 2.05) is 36.7 Å². The summed E-state index contributed by atoms with van der Waals surface area (Å²) in [6.45, 7) is 0. The zero-order chi connectivity index (χ0) is 13.4. The Labute approximate surface area is 122 Å². The molecule has 1 heterocycles. The Balaban J connectivity index is 2.34. The standard InChI is InChI=1S/C15H12BrNOS/c1-19(18)15-8-10-2-3-13(16)6-12(10)7-14(15)11-4-5-17-9-11/h2-9,17H,1H3. The zero-order valence-electron chi connectivity index (χ0n) is 10.3. The molecule has 2 aromatic carbocycles. The highest BCUT2D eigenvalue weighted by Gasteiger charge is 2.11. The van der Waals surface area contributed by atoms with E-state index >= 15 is 0 Å². The Bertz CT molecular complexity index is 765. The lowest BCUT2D eigenvalue weighted by Gasteiger charge is -2.09. The molecule has 0 radical (unpaired) electrons. The van der Waals surface area contributed by atoms with Crippen molar-refractivity contribution in [2.24, 2.45) is 0 Å². The summed E-state index contributed by atoms with van der Waals surface area (Å²) in [5, 5.41) is 2.24. The van der Waals surface area contributed by atoms with Crippen molar-refractivity contribution in [3.63, 3.8) is 0 Å². The smallest absolute Gasteiger partial charge is 0.0504 e. The first kappa shape index (κ1) is 12.6. The molecule has 96 valence electrons. The third-order valence-corrected chi connectivity index (χ3v) is 4.57. The molecule has 0 bridgehead atoms. The summed E-state index contributed by atoms with van der Waals surface area (Å²) in [5.41, 5.74) is 2.08. The van der Waals surface area contributed by atoms with Crippen molar-refractivity contribution in [2.45, 2.75) is 4.90 Å². The molecule has 0 aliphatic carbocycles. The van der Waals surface area contributed by atoms with E-state index in [2.05, 4.69) is 33.0 Å². The third-order valence-electron chi connectivity index (χ3n) is 3.12. The largest absolute Gasteiger partial charge is 0.367 e. The maximum atomic E-state index is 12.0. The van der Waals surface area contributed by atoms with Gasteiger partial charge in [0.2, 0.25) is 0 Å². The molecule has 0 saturated heterocycles. The topological polar surface area (TPSA) is 32.9 Å². The average Bonchev–Trinajstić information content (AvgIpc) is 2.90. The van der Waals surface area contributed by atoms with Crippen LogP contribution in [0.3, 0.4) is 0 Å². The molecule has 1 unspecified atom stereocenters. The van der Waals surface area contributed by atoms with E-state index in [1.54, 1.807) is 6.26 Å². The molecule has 3 aromatic rings. The van der Waals surface area contributed by atoms with Gasteiger partial charge in [0.05, 0.1) is 10.8 Å². The van der Waals surface area contributed by atoms with Gasteiger partial charge in [-0.1, -0.05) is 22.0 Å². The molecule has 19 heavy (non-hydrogen) atoms. The van der Waals surface area contributed by atoms with Crippen LogP contribution in [0.4, 0.5) is 0 Å². The number of fused-ring (bicyclic) bond motifs is 1. The van der Waals surface area contributed by atoms with E-state index in [0.717, 1.165) is 31.3 Å². The highest BCUT2D eigenvalue weighted by Crippen LogP contribution is 2.31. The minimum absolute atomic E-state index is 0.870. The number of halogens is 1. The molecule has 1 aromatic heterocycles. The molecule has 2 nitrogen and oxygen atoms in total. The van der Waals surface area contributed by atoms with Crippen LogP contribution in [0.1, 0.15) is 0 Å². The Kier molecular flexibility index (Phi) is 3.29. The molecule has 3 rings (SSSR count). The molecule has 4 heteroatoms. The molecule has 0 aliphatic rings. The summed E-state index contributed by atoms with van der Waals surface area (Å²) in [6.07, 6.45) is 5.52. The average molecular weight is 334 g/mol. The predicted octanol–water partition coefficient (Wildman–Crippen LogP) is 4.33. The lowest BCUT2D eigenvalue weighted by Crippen LogP contribution is -1.92. The van der Waals surface area contributed by atoms with E-state index in [0.29, 0.717) is 0 Å². The Morgan fingerprint density at radius 2 is 1.95 bits per heavy atom. The van der Waals surface area contributed by atoms with Crippen LogP contribution in [0, 0.1) is 0 Å². The Morgan fingerprint density at radius 3 is 2.63 bits per heavy atom. The van der Waals surface area contributed by atoms with Gasteiger partial charge in [-0.25, -0.2) is 0 Å². The van der Waals surface area contributed by atoms with Crippen LogP contribution in [0.5, 0.6) is 0 Å². The van der Waals surface area contributed by atoms with Crippen molar-refractivity contribution in [3.05, 3.63) is 53.3 Å². The van der Waals surface area contributed by atoms with Crippen molar-refractivity contribution in [1.82, 2.24) is 4.98 Å². The third kappa shape index (κ3) is 2.38. The number of hydrogen-bond acceptors (Lipinski definition) is 1. The number of nitrogens with one attached hydrogen (secondary N) is 1. The van der Waals surface area contributed by atoms with Gasteiger partial charge in [-0.2, -0.15) is 0 Å². The van der Waals surface area contributed by atoms with Gasteiger partial charge in [-0.3, -0.25) is 4.21 Å². The number of hydrogen-bond donors (Lipinski definition) is 1. The predicted molar refractivity (Wildman–Crippen MR) is 83.8 cm³/mol. The molecule has 0 saturated carbocycles. The molecular formula is C15H12BrNOS. The Morgan fingerprint density at radius 1 is 1.11 bits per heavy atom. The highest BCUT2D eigenvalue weighted by molar-refractivity contribution is 9.10. The number of rotatable bonds is 2. The van der Waals surface area contributed by atoms with Gasteiger partial charge in [-0.15, -0.1) is 0 Å².